The van der Waals surface area contributed by atoms with Crippen LogP contribution in [0.15, 0.2) is 61.2 Å². The van der Waals surface area contributed by atoms with Crippen LogP contribution in [0.4, 0.5) is 0 Å². The Labute approximate surface area is 186 Å². The van der Waals surface area contributed by atoms with Crippen LogP contribution in [0.1, 0.15) is 12.5 Å². The zero-order valence-electron chi connectivity index (χ0n) is 17.7. The molecule has 0 aliphatic rings. The van der Waals surface area contributed by atoms with Crippen molar-refractivity contribution in [2.24, 2.45) is 0 Å². The fourth-order valence-electron chi connectivity index (χ4n) is 3.02. The van der Waals surface area contributed by atoms with Gasteiger partial charge in [-0.2, -0.15) is 5.10 Å². The summed E-state index contributed by atoms with van der Waals surface area (Å²) in [6.45, 7) is 7.20. The van der Waals surface area contributed by atoms with Gasteiger partial charge in [0.05, 0.1) is 6.61 Å². The highest BCUT2D eigenvalue weighted by molar-refractivity contribution is 7.71. The van der Waals surface area contributed by atoms with E-state index in [1.54, 1.807) is 22.6 Å². The third-order valence-corrected chi connectivity index (χ3v) is 4.92. The molecule has 0 bridgehead atoms. The predicted octanol–water partition coefficient (Wildman–Crippen LogP) is 4.23. The summed E-state index contributed by atoms with van der Waals surface area (Å²) in [5.41, 5.74) is 1.85. The van der Waals surface area contributed by atoms with Crippen molar-refractivity contribution in [3.05, 3.63) is 71.5 Å². The summed E-state index contributed by atoms with van der Waals surface area (Å²) in [5, 5.41) is 7.09. The van der Waals surface area contributed by atoms with Crippen LogP contribution in [0, 0.1) is 4.77 Å². The fourth-order valence-corrected chi connectivity index (χ4v) is 3.21. The number of hydrogen-bond acceptors (Lipinski definition) is 5. The van der Waals surface area contributed by atoms with Crippen molar-refractivity contribution in [1.82, 2.24) is 19.7 Å². The number of nitrogens with one attached hydrogen (secondary N) is 1. The van der Waals surface area contributed by atoms with Crippen molar-refractivity contribution in [2.45, 2.75) is 20.0 Å². The van der Waals surface area contributed by atoms with E-state index >= 15 is 0 Å². The normalized spacial score (nSPS) is 10.5. The number of ether oxygens (including phenoxy) is 2. The Bertz CT molecular complexity index is 1070. The van der Waals surface area contributed by atoms with Gasteiger partial charge in [-0.15, -0.1) is 0 Å². The Kier molecular flexibility index (Phi) is 7.61. The van der Waals surface area contributed by atoms with Crippen molar-refractivity contribution < 1.29 is 14.3 Å². The van der Waals surface area contributed by atoms with Gasteiger partial charge in [0.15, 0.2) is 10.6 Å². The monoisotopic (exact) mass is 438 g/mol. The molecular formula is C23H26N4O3S. The van der Waals surface area contributed by atoms with E-state index in [9.17, 15) is 4.79 Å². The molecule has 0 aliphatic heterocycles. The van der Waals surface area contributed by atoms with Crippen LogP contribution in [-0.2, 0) is 17.9 Å². The van der Waals surface area contributed by atoms with E-state index in [1.807, 2.05) is 55.5 Å². The molecule has 1 amide bonds. The van der Waals surface area contributed by atoms with Gasteiger partial charge in [-0.1, -0.05) is 24.8 Å². The molecule has 0 saturated heterocycles. The first-order valence-corrected chi connectivity index (χ1v) is 10.4. The number of H-pyrrole nitrogens is 1. The van der Waals surface area contributed by atoms with Gasteiger partial charge in [0.2, 0.25) is 5.91 Å². The molecular weight excluding hydrogens is 412 g/mol. The number of rotatable bonds is 10. The Hall–Kier alpha value is -3.39. The Morgan fingerprint density at radius 3 is 2.45 bits per heavy atom. The van der Waals surface area contributed by atoms with E-state index in [0.29, 0.717) is 30.4 Å². The molecule has 3 aromatic rings. The number of hydrogen-bond donors (Lipinski definition) is 1. The van der Waals surface area contributed by atoms with E-state index in [4.69, 9.17) is 21.7 Å². The van der Waals surface area contributed by atoms with Gasteiger partial charge in [0, 0.05) is 19.2 Å². The molecule has 0 unspecified atom stereocenters. The minimum Gasteiger partial charge on any atom is -0.494 e. The van der Waals surface area contributed by atoms with Crippen molar-refractivity contribution in [2.75, 3.05) is 20.3 Å². The van der Waals surface area contributed by atoms with Crippen molar-refractivity contribution >= 4 is 18.1 Å². The minimum atomic E-state index is -0.0725. The lowest BCUT2D eigenvalue weighted by atomic mass is 10.2. The van der Waals surface area contributed by atoms with Crippen LogP contribution < -0.4 is 9.47 Å². The molecule has 3 rings (SSSR count). The van der Waals surface area contributed by atoms with Crippen molar-refractivity contribution in [3.63, 3.8) is 0 Å². The van der Waals surface area contributed by atoms with Gasteiger partial charge in [-0.25, -0.2) is 0 Å². The maximum absolute atomic E-state index is 12.9. The van der Waals surface area contributed by atoms with Crippen LogP contribution in [0.2, 0.25) is 0 Å². The van der Waals surface area contributed by atoms with E-state index in [2.05, 4.69) is 16.8 Å². The third-order valence-electron chi connectivity index (χ3n) is 4.61. The highest BCUT2D eigenvalue weighted by Gasteiger charge is 2.16. The summed E-state index contributed by atoms with van der Waals surface area (Å²) in [6, 6.07) is 15.2. The zero-order valence-corrected chi connectivity index (χ0v) is 18.5. The molecule has 162 valence electrons. The number of nitrogens with zero attached hydrogens (tertiary/aromatic N) is 3. The second kappa shape index (κ2) is 10.6. The predicted molar refractivity (Wildman–Crippen MR) is 123 cm³/mol. The molecule has 31 heavy (non-hydrogen) atoms. The summed E-state index contributed by atoms with van der Waals surface area (Å²) in [5.74, 6) is 2.08. The van der Waals surface area contributed by atoms with Crippen LogP contribution in [0.25, 0.3) is 11.4 Å². The highest BCUT2D eigenvalue weighted by atomic mass is 32.1. The molecule has 1 N–H and O–H groups in total. The topological polar surface area (TPSA) is 72.4 Å². The van der Waals surface area contributed by atoms with Crippen molar-refractivity contribution in [3.8, 4) is 22.9 Å². The van der Waals surface area contributed by atoms with Gasteiger partial charge in [-0.3, -0.25) is 14.5 Å². The molecule has 0 fully saturated rings. The first kappa shape index (κ1) is 22.3. The molecule has 2 aromatic carbocycles. The van der Waals surface area contributed by atoms with Crippen LogP contribution in [-0.4, -0.2) is 45.8 Å². The molecule has 0 aliphatic carbocycles. The number of likely N-dealkylation sites (N-methyl/N-ethyl adjacent to an activating group) is 1. The first-order chi connectivity index (χ1) is 15.0. The molecule has 0 atom stereocenters. The average molecular weight is 439 g/mol. The second-order valence-corrected chi connectivity index (χ2v) is 7.28. The zero-order chi connectivity index (χ0) is 22.2. The first-order valence-electron chi connectivity index (χ1n) is 9.96. The highest BCUT2D eigenvalue weighted by Crippen LogP contribution is 2.21. The maximum atomic E-state index is 12.9. The molecule has 0 spiro atoms. The van der Waals surface area contributed by atoms with Gasteiger partial charge < -0.3 is 14.4 Å². The molecule has 0 radical (unpaired) electrons. The van der Waals surface area contributed by atoms with E-state index in [-0.39, 0.29) is 12.5 Å². The fraction of sp³-hybridized carbons (Fsp3) is 0.261. The van der Waals surface area contributed by atoms with Crippen molar-refractivity contribution in [1.29, 1.82) is 0 Å². The molecule has 8 heteroatoms. The maximum Gasteiger partial charge on any atom is 0.242 e. The second-order valence-electron chi connectivity index (χ2n) is 6.89. The quantitative estimate of drug-likeness (QED) is 0.379. The van der Waals surface area contributed by atoms with E-state index in [0.717, 1.165) is 22.6 Å². The van der Waals surface area contributed by atoms with Crippen LogP contribution in [0.3, 0.4) is 0 Å². The number of carbonyl (C=O) groups excluding carboxylic acids is 1. The summed E-state index contributed by atoms with van der Waals surface area (Å²) >= 11 is 5.35. The number of amides is 1. The van der Waals surface area contributed by atoms with Crippen LogP contribution >= 0.6 is 12.2 Å². The summed E-state index contributed by atoms with van der Waals surface area (Å²) in [7, 11) is 1.77. The van der Waals surface area contributed by atoms with Gasteiger partial charge in [0.1, 0.15) is 24.7 Å². The van der Waals surface area contributed by atoms with Crippen LogP contribution in [0.5, 0.6) is 11.5 Å². The molecule has 1 aromatic heterocycles. The lowest BCUT2D eigenvalue weighted by Crippen LogP contribution is -2.30. The minimum absolute atomic E-state index is 0.0725. The van der Waals surface area contributed by atoms with E-state index in [1.165, 1.54) is 0 Å². The number of benzene rings is 2. The smallest absolute Gasteiger partial charge is 0.242 e. The molecule has 1 heterocycles. The SMILES string of the molecule is C=CCOc1ccc(CN(C)C(=O)Cn2c(-c3ccc(OCC)cc3)n[nH]c2=S)cc1. The Morgan fingerprint density at radius 2 is 1.81 bits per heavy atom. The largest absolute Gasteiger partial charge is 0.494 e. The molecule has 7 nitrogen and oxygen atoms in total. The summed E-state index contributed by atoms with van der Waals surface area (Å²) in [6.07, 6.45) is 1.70. The third kappa shape index (κ3) is 5.82. The van der Waals surface area contributed by atoms with E-state index < -0.39 is 0 Å². The lowest BCUT2D eigenvalue weighted by Gasteiger charge is -2.18. The molecule has 0 saturated carbocycles. The van der Waals surface area contributed by atoms with Gasteiger partial charge in [-0.05, 0) is 61.1 Å². The number of aromatic amines is 1. The van der Waals surface area contributed by atoms with Gasteiger partial charge in [0.25, 0.3) is 0 Å². The Morgan fingerprint density at radius 1 is 1.16 bits per heavy atom. The lowest BCUT2D eigenvalue weighted by molar-refractivity contribution is -0.131. The standard InChI is InChI=1S/C23H26N4O3S/c1-4-14-30-20-10-6-17(7-11-20)15-26(3)21(28)16-27-22(24-25-23(27)31)18-8-12-19(13-9-18)29-5-2/h4,6-13H,1,5,14-16H2,2-3H3,(H,25,31). The average Bonchev–Trinajstić information content (AvgIpc) is 3.14. The summed E-state index contributed by atoms with van der Waals surface area (Å²) in [4.78, 5) is 14.5. The summed E-state index contributed by atoms with van der Waals surface area (Å²) < 4.78 is 13.1. The Balaban J connectivity index is 1.68. The number of aromatic nitrogens is 3. The van der Waals surface area contributed by atoms with Gasteiger partial charge >= 0.3 is 0 Å². The number of carbonyl (C=O) groups is 1.